The van der Waals surface area contributed by atoms with Gasteiger partial charge >= 0.3 is 0 Å². The molecular weight excluding hydrogens is 728 g/mol. The van der Waals surface area contributed by atoms with E-state index in [9.17, 15) is 56.2 Å². The highest BCUT2D eigenvalue weighted by atomic mass is 16.8. The zero-order chi connectivity index (χ0) is 41.0. The molecule has 3 aliphatic heterocycles. The topological polar surface area (TPSA) is 278 Å². The third kappa shape index (κ3) is 13.1. The van der Waals surface area contributed by atoms with Crippen LogP contribution in [0.3, 0.4) is 0 Å². The van der Waals surface area contributed by atoms with Crippen LogP contribution in [0.1, 0.15) is 66.2 Å². The van der Waals surface area contributed by atoms with Gasteiger partial charge in [0.1, 0.15) is 73.2 Å². The van der Waals surface area contributed by atoms with Crippen LogP contribution in [0.4, 0.5) is 0 Å². The van der Waals surface area contributed by atoms with E-state index in [-0.39, 0.29) is 6.61 Å². The van der Waals surface area contributed by atoms with Crippen LogP contribution >= 0.6 is 0 Å². The van der Waals surface area contributed by atoms with E-state index in [0.717, 1.165) is 24.8 Å². The van der Waals surface area contributed by atoms with E-state index in [1.807, 2.05) is 26.8 Å². The SMILES string of the molecule is C=CC(C)(CC/C=C(\C)CC/C=C(/C)CC/C=C(\C)COC1OC(CO)C(O)C(O)C1OC1OC(CO)C(O)C(O)C1O)OC1OC(CO)C(O)C(O)C1O. The molecule has 0 bridgehead atoms. The summed E-state index contributed by atoms with van der Waals surface area (Å²) in [6.07, 6.45) is -9.81. The maximum atomic E-state index is 10.8. The number of aliphatic hydroxyl groups excluding tert-OH is 11. The second kappa shape index (κ2) is 22.4. The van der Waals surface area contributed by atoms with E-state index in [0.29, 0.717) is 19.3 Å². The van der Waals surface area contributed by atoms with Crippen molar-refractivity contribution in [2.75, 3.05) is 26.4 Å². The lowest BCUT2D eigenvalue weighted by atomic mass is 9.96. The summed E-state index contributed by atoms with van der Waals surface area (Å²) in [5.74, 6) is 0. The predicted molar refractivity (Wildman–Crippen MR) is 195 cm³/mol. The highest BCUT2D eigenvalue weighted by molar-refractivity contribution is 5.07. The third-order valence-electron chi connectivity index (χ3n) is 10.3. The fraction of sp³-hybridized carbons (Fsp3) is 0.789. The Bertz CT molecular complexity index is 1260. The fourth-order valence-corrected chi connectivity index (χ4v) is 6.48. The molecule has 0 aromatic heterocycles. The summed E-state index contributed by atoms with van der Waals surface area (Å²) in [5.41, 5.74) is 2.29. The molecule has 0 saturated carbocycles. The Kier molecular flexibility index (Phi) is 19.4. The number of hydrogen-bond donors (Lipinski definition) is 11. The Labute approximate surface area is 322 Å². The Morgan fingerprint density at radius 2 is 1.02 bits per heavy atom. The molecule has 55 heavy (non-hydrogen) atoms. The Hall–Kier alpha value is -1.72. The molecule has 3 rings (SSSR count). The van der Waals surface area contributed by atoms with Gasteiger partial charge in [-0.2, -0.15) is 0 Å². The minimum absolute atomic E-state index is 0.0331. The van der Waals surface area contributed by atoms with Crippen LogP contribution in [-0.2, 0) is 28.4 Å². The molecule has 318 valence electrons. The van der Waals surface area contributed by atoms with E-state index in [2.05, 4.69) is 18.7 Å². The molecule has 17 heteroatoms. The highest BCUT2D eigenvalue weighted by Crippen LogP contribution is 2.31. The Morgan fingerprint density at radius 1 is 0.582 bits per heavy atom. The first-order chi connectivity index (χ1) is 26.0. The molecule has 0 spiro atoms. The smallest absolute Gasteiger partial charge is 0.187 e. The van der Waals surface area contributed by atoms with Crippen molar-refractivity contribution in [2.45, 2.75) is 164 Å². The number of ether oxygens (including phenoxy) is 6. The summed E-state index contributed by atoms with van der Waals surface area (Å²) >= 11 is 0. The molecule has 3 saturated heterocycles. The highest BCUT2D eigenvalue weighted by Gasteiger charge is 2.51. The summed E-state index contributed by atoms with van der Waals surface area (Å²) in [6.45, 7) is 9.72. The van der Waals surface area contributed by atoms with Crippen molar-refractivity contribution in [1.82, 2.24) is 0 Å². The molecule has 3 aliphatic rings. The summed E-state index contributed by atoms with van der Waals surface area (Å²) in [7, 11) is 0. The van der Waals surface area contributed by atoms with Crippen molar-refractivity contribution in [1.29, 1.82) is 0 Å². The van der Waals surface area contributed by atoms with Crippen molar-refractivity contribution < 1.29 is 84.6 Å². The van der Waals surface area contributed by atoms with Crippen LogP contribution in [0.2, 0.25) is 0 Å². The number of hydrogen-bond acceptors (Lipinski definition) is 17. The normalized spacial score (nSPS) is 39.2. The monoisotopic (exact) mass is 792 g/mol. The van der Waals surface area contributed by atoms with Crippen LogP contribution in [0.25, 0.3) is 0 Å². The van der Waals surface area contributed by atoms with Gasteiger partial charge < -0.3 is 84.6 Å². The number of aliphatic hydroxyl groups is 11. The lowest BCUT2D eigenvalue weighted by molar-refractivity contribution is -0.366. The summed E-state index contributed by atoms with van der Waals surface area (Å²) < 4.78 is 34.1. The van der Waals surface area contributed by atoms with Gasteiger partial charge in [0.05, 0.1) is 32.0 Å². The van der Waals surface area contributed by atoms with Crippen molar-refractivity contribution >= 4 is 0 Å². The number of rotatable bonds is 20. The zero-order valence-corrected chi connectivity index (χ0v) is 32.1. The first kappa shape index (κ1) is 47.7. The van der Waals surface area contributed by atoms with E-state index in [4.69, 9.17) is 28.4 Å². The first-order valence-electron chi connectivity index (χ1n) is 18.8. The molecule has 0 aliphatic carbocycles. The predicted octanol–water partition coefficient (Wildman–Crippen LogP) is -1.43. The largest absolute Gasteiger partial charge is 0.394 e. The van der Waals surface area contributed by atoms with Gasteiger partial charge in [-0.15, -0.1) is 6.58 Å². The van der Waals surface area contributed by atoms with Crippen LogP contribution in [0.5, 0.6) is 0 Å². The van der Waals surface area contributed by atoms with Gasteiger partial charge in [-0.05, 0) is 66.2 Å². The fourth-order valence-electron chi connectivity index (χ4n) is 6.48. The molecule has 0 amide bonds. The van der Waals surface area contributed by atoms with E-state index in [1.165, 1.54) is 11.1 Å². The summed E-state index contributed by atoms with van der Waals surface area (Å²) in [6, 6.07) is 0. The minimum Gasteiger partial charge on any atom is -0.394 e. The molecule has 11 N–H and O–H groups in total. The van der Waals surface area contributed by atoms with Crippen LogP contribution in [-0.4, -0.2) is 180 Å². The van der Waals surface area contributed by atoms with Crippen molar-refractivity contribution in [3.8, 4) is 0 Å². The molecule has 0 radical (unpaired) electrons. The maximum Gasteiger partial charge on any atom is 0.187 e. The van der Waals surface area contributed by atoms with Gasteiger partial charge in [-0.3, -0.25) is 0 Å². The zero-order valence-electron chi connectivity index (χ0n) is 32.1. The molecule has 16 unspecified atom stereocenters. The van der Waals surface area contributed by atoms with Gasteiger partial charge in [0, 0.05) is 0 Å². The lowest BCUT2D eigenvalue weighted by Crippen LogP contribution is -2.64. The third-order valence-corrected chi connectivity index (χ3v) is 10.3. The van der Waals surface area contributed by atoms with Gasteiger partial charge in [-0.25, -0.2) is 0 Å². The van der Waals surface area contributed by atoms with Gasteiger partial charge in [-0.1, -0.05) is 41.0 Å². The Balaban J connectivity index is 1.46. The van der Waals surface area contributed by atoms with Crippen LogP contribution in [0.15, 0.2) is 47.6 Å². The molecule has 0 aromatic rings. The van der Waals surface area contributed by atoms with E-state index < -0.39 is 118 Å². The standard InChI is InChI=1S/C38H64O17/c1-6-38(5,55-36-33(49)30(46)27(43)24(17-40)52-36)15-9-14-21(3)11-7-10-20(2)12-8-13-22(4)19-50-37-34(31(47)28(44)25(18-41)53-37)54-35-32(48)29(45)26(42)23(16-39)51-35/h6,10,13-14,23-37,39-49H,1,7-9,11-12,15-19H2,2-5H3/b20-10-,21-14+,22-13+. The van der Waals surface area contributed by atoms with Crippen molar-refractivity contribution in [3.05, 3.63) is 47.6 Å². The second-order valence-electron chi connectivity index (χ2n) is 14.9. The molecule has 17 nitrogen and oxygen atoms in total. The molecular formula is C38H64O17. The summed E-state index contributed by atoms with van der Waals surface area (Å²) in [4.78, 5) is 0. The second-order valence-corrected chi connectivity index (χ2v) is 14.9. The van der Waals surface area contributed by atoms with Crippen LogP contribution < -0.4 is 0 Å². The average molecular weight is 793 g/mol. The Morgan fingerprint density at radius 3 is 1.53 bits per heavy atom. The van der Waals surface area contributed by atoms with Crippen molar-refractivity contribution in [3.63, 3.8) is 0 Å². The van der Waals surface area contributed by atoms with Crippen LogP contribution in [0, 0.1) is 0 Å². The summed E-state index contributed by atoms with van der Waals surface area (Å²) in [5, 5.41) is 111. The van der Waals surface area contributed by atoms with Gasteiger partial charge in [0.15, 0.2) is 18.9 Å². The molecule has 16 atom stereocenters. The lowest BCUT2D eigenvalue weighted by Gasteiger charge is -2.45. The first-order valence-corrected chi connectivity index (χ1v) is 18.8. The van der Waals surface area contributed by atoms with Gasteiger partial charge in [0.2, 0.25) is 0 Å². The maximum absolute atomic E-state index is 10.8. The van der Waals surface area contributed by atoms with Gasteiger partial charge in [0.25, 0.3) is 0 Å². The minimum atomic E-state index is -1.76. The quantitative estimate of drug-likeness (QED) is 0.0631. The average Bonchev–Trinajstić information content (AvgIpc) is 3.16. The molecule has 0 aromatic carbocycles. The molecule has 3 fully saturated rings. The van der Waals surface area contributed by atoms with E-state index in [1.54, 1.807) is 13.0 Å². The van der Waals surface area contributed by atoms with E-state index >= 15 is 0 Å². The van der Waals surface area contributed by atoms with Crippen molar-refractivity contribution in [2.24, 2.45) is 0 Å². The molecule has 3 heterocycles. The number of allylic oxidation sites excluding steroid dienone is 5.